The molecule has 0 fully saturated rings. The predicted molar refractivity (Wildman–Crippen MR) is 179 cm³/mol. The summed E-state index contributed by atoms with van der Waals surface area (Å²) in [7, 11) is 4.36. The van der Waals surface area contributed by atoms with Crippen LogP contribution in [-0.4, -0.2) is 61.8 Å². The van der Waals surface area contributed by atoms with Gasteiger partial charge < -0.3 is 34.0 Å². The number of carbonyl (C=O) groups is 4. The van der Waals surface area contributed by atoms with Crippen LogP contribution in [0.15, 0.2) is 59.3 Å². The van der Waals surface area contributed by atoms with Crippen molar-refractivity contribution in [1.29, 1.82) is 0 Å². The van der Waals surface area contributed by atoms with Gasteiger partial charge in [-0.1, -0.05) is 18.5 Å². The normalized spacial score (nSPS) is 17.6. The van der Waals surface area contributed by atoms with E-state index in [1.165, 1.54) is 20.3 Å². The highest BCUT2D eigenvalue weighted by molar-refractivity contribution is 6.36. The van der Waals surface area contributed by atoms with Gasteiger partial charge in [-0.25, -0.2) is 0 Å². The van der Waals surface area contributed by atoms with E-state index in [4.69, 9.17) is 35.0 Å². The minimum absolute atomic E-state index is 0.00255. The predicted octanol–water partition coefficient (Wildman–Crippen LogP) is 5.49. The number of Topliss-reactive ketones (excluding diaryl/α,β-unsaturated/α-hetero) is 2. The quantitative estimate of drug-likeness (QED) is 0.153. The number of amides is 2. The number of aromatic nitrogens is 1. The highest BCUT2D eigenvalue weighted by atomic mass is 35.5. The van der Waals surface area contributed by atoms with Gasteiger partial charge in [-0.05, 0) is 42.8 Å². The molecule has 49 heavy (non-hydrogen) atoms. The number of nitrogens with one attached hydrogen (secondary N) is 2. The second-order valence-corrected chi connectivity index (χ2v) is 12.1. The molecular weight excluding hydrogens is 654 g/mol. The zero-order valence-corrected chi connectivity index (χ0v) is 28.1. The molecule has 254 valence electrons. The van der Waals surface area contributed by atoms with Crippen LogP contribution in [0.2, 0.25) is 5.02 Å². The molecule has 0 saturated heterocycles. The zero-order chi connectivity index (χ0) is 34.9. The number of carbonyl (C=O) groups excluding carboxylic acids is 4. The largest absolute Gasteiger partial charge is 0.497 e. The van der Waals surface area contributed by atoms with Gasteiger partial charge in [0.05, 0.1) is 45.2 Å². The first-order valence-electron chi connectivity index (χ1n) is 15.6. The molecule has 1 aliphatic carbocycles. The molecule has 2 aliphatic rings. The lowest BCUT2D eigenvalue weighted by Crippen LogP contribution is -2.56. The van der Waals surface area contributed by atoms with Gasteiger partial charge in [0.15, 0.2) is 5.75 Å². The second-order valence-electron chi connectivity index (χ2n) is 11.8. The van der Waals surface area contributed by atoms with Gasteiger partial charge in [0, 0.05) is 48.7 Å². The van der Waals surface area contributed by atoms with Crippen LogP contribution < -0.4 is 29.6 Å². The molecule has 2 N–H and O–H groups in total. The van der Waals surface area contributed by atoms with Crippen molar-refractivity contribution in [2.75, 3.05) is 33.2 Å². The lowest BCUT2D eigenvalue weighted by molar-refractivity contribution is -0.121. The van der Waals surface area contributed by atoms with Gasteiger partial charge in [0.1, 0.15) is 39.4 Å². The van der Waals surface area contributed by atoms with Crippen molar-refractivity contribution < 1.29 is 42.5 Å². The fourth-order valence-electron chi connectivity index (χ4n) is 6.34. The number of hydrogen-bond donors (Lipinski definition) is 2. The first kappa shape index (κ1) is 33.5. The van der Waals surface area contributed by atoms with E-state index in [2.05, 4.69) is 15.6 Å². The third kappa shape index (κ3) is 5.97. The third-order valence-corrected chi connectivity index (χ3v) is 9.14. The molecule has 6 rings (SSSR count). The molecule has 2 aromatic carbocycles. The van der Waals surface area contributed by atoms with Gasteiger partial charge in [-0.2, -0.15) is 0 Å². The lowest BCUT2D eigenvalue weighted by atomic mass is 9.70. The molecule has 0 unspecified atom stereocenters. The van der Waals surface area contributed by atoms with Gasteiger partial charge in [-0.3, -0.25) is 24.2 Å². The Kier molecular flexibility index (Phi) is 9.33. The molecule has 3 heterocycles. The topological polar surface area (TPSA) is 155 Å². The number of benzene rings is 2. The van der Waals surface area contributed by atoms with Crippen LogP contribution in [0.25, 0.3) is 11.3 Å². The number of anilines is 1. The highest BCUT2D eigenvalue weighted by Gasteiger charge is 2.63. The summed E-state index contributed by atoms with van der Waals surface area (Å²) >= 11 is 6.60. The van der Waals surface area contributed by atoms with Crippen molar-refractivity contribution in [1.82, 2.24) is 10.3 Å². The van der Waals surface area contributed by atoms with Crippen LogP contribution >= 0.6 is 11.6 Å². The molecule has 1 spiro atoms. The SMILES string of the molecule is COc1ccc(-c2oc3c(c2CC(=O)NCCCC(=O)Nc2cccnc2)C(=O)[C@@]2(Oc4c(Cl)c(OC)cc(OC)c4C2=O)[C@H](C)C3)cc1. The summed E-state index contributed by atoms with van der Waals surface area (Å²) in [4.78, 5) is 58.7. The molecular formula is C36H34ClN3O9. The molecule has 1 aliphatic heterocycles. The number of fused-ring (bicyclic) bond motifs is 2. The number of halogens is 1. The van der Waals surface area contributed by atoms with E-state index in [-0.39, 0.29) is 65.1 Å². The van der Waals surface area contributed by atoms with Crippen LogP contribution in [0, 0.1) is 5.92 Å². The van der Waals surface area contributed by atoms with Crippen molar-refractivity contribution in [3.8, 4) is 34.3 Å². The van der Waals surface area contributed by atoms with E-state index in [0.717, 1.165) is 0 Å². The number of furan rings is 1. The number of hydrogen-bond acceptors (Lipinski definition) is 10. The Morgan fingerprint density at radius 1 is 1.00 bits per heavy atom. The van der Waals surface area contributed by atoms with Crippen LogP contribution in [0.3, 0.4) is 0 Å². The Morgan fingerprint density at radius 2 is 1.73 bits per heavy atom. The maximum atomic E-state index is 14.7. The van der Waals surface area contributed by atoms with Crippen LogP contribution in [-0.2, 0) is 22.4 Å². The number of ether oxygens (including phenoxy) is 4. The summed E-state index contributed by atoms with van der Waals surface area (Å²) < 4.78 is 28.8. The summed E-state index contributed by atoms with van der Waals surface area (Å²) in [5, 5.41) is 5.63. The Bertz CT molecular complexity index is 1940. The van der Waals surface area contributed by atoms with Crippen molar-refractivity contribution >= 4 is 40.7 Å². The van der Waals surface area contributed by atoms with Crippen molar-refractivity contribution in [2.24, 2.45) is 5.92 Å². The standard InChI is InChI=1S/C36H34ClN3O9/c1-19-15-25-29(34(43)36(19)35(44)30-24(46-3)17-26(47-4)31(37)33(30)49-36)23(32(48-25)20-9-11-22(45-2)12-10-20)16-28(42)39-14-6-8-27(41)40-21-7-5-13-38-18-21/h5,7,9-13,17-19H,6,8,14-16H2,1-4H3,(H,39,42)(H,40,41)/t19-,36+/m1/s1. The Labute approximate surface area is 287 Å². The van der Waals surface area contributed by atoms with Crippen molar-refractivity contribution in [3.05, 3.63) is 82.3 Å². The number of pyridine rings is 1. The Balaban J connectivity index is 1.30. The van der Waals surface area contributed by atoms with Crippen molar-refractivity contribution in [3.63, 3.8) is 0 Å². The minimum atomic E-state index is -1.98. The maximum Gasteiger partial charge on any atom is 0.237 e. The Hall–Kier alpha value is -5.36. The monoisotopic (exact) mass is 687 g/mol. The molecule has 2 amide bonds. The Morgan fingerprint density at radius 3 is 2.41 bits per heavy atom. The van der Waals surface area contributed by atoms with Crippen molar-refractivity contribution in [2.45, 2.75) is 38.2 Å². The first-order valence-corrected chi connectivity index (χ1v) is 16.0. The molecule has 13 heteroatoms. The van der Waals surface area contributed by atoms with E-state index in [0.29, 0.717) is 40.5 Å². The molecule has 0 saturated carbocycles. The summed E-state index contributed by atoms with van der Waals surface area (Å²) in [6, 6.07) is 11.9. The number of ketones is 2. The number of rotatable bonds is 11. The van der Waals surface area contributed by atoms with Gasteiger partial charge in [-0.15, -0.1) is 0 Å². The maximum absolute atomic E-state index is 14.7. The fraction of sp³-hybridized carbons (Fsp3) is 0.306. The average molecular weight is 688 g/mol. The summed E-state index contributed by atoms with van der Waals surface area (Å²) in [6.07, 6.45) is 3.62. The zero-order valence-electron chi connectivity index (χ0n) is 27.3. The van der Waals surface area contributed by atoms with Gasteiger partial charge in [0.2, 0.25) is 29.0 Å². The summed E-state index contributed by atoms with van der Waals surface area (Å²) in [6.45, 7) is 1.94. The molecule has 0 radical (unpaired) electrons. The first-order chi connectivity index (χ1) is 23.6. The van der Waals surface area contributed by atoms with Gasteiger partial charge >= 0.3 is 0 Å². The second kappa shape index (κ2) is 13.6. The molecule has 0 bridgehead atoms. The lowest BCUT2D eigenvalue weighted by Gasteiger charge is -2.35. The number of nitrogens with zero attached hydrogens (tertiary/aromatic N) is 1. The molecule has 12 nitrogen and oxygen atoms in total. The summed E-state index contributed by atoms with van der Waals surface area (Å²) in [5.41, 5.74) is -0.327. The molecule has 2 aromatic heterocycles. The van der Waals surface area contributed by atoms with Gasteiger partial charge in [0.25, 0.3) is 0 Å². The molecule has 4 aromatic rings. The number of methoxy groups -OCH3 is 3. The van der Waals surface area contributed by atoms with E-state index < -0.39 is 29.0 Å². The smallest absolute Gasteiger partial charge is 0.237 e. The summed E-state index contributed by atoms with van der Waals surface area (Å²) in [5.74, 6) is -0.886. The highest BCUT2D eigenvalue weighted by Crippen LogP contribution is 2.54. The van der Waals surface area contributed by atoms with E-state index in [1.807, 2.05) is 0 Å². The third-order valence-electron chi connectivity index (χ3n) is 8.79. The van der Waals surface area contributed by atoms with E-state index in [9.17, 15) is 19.2 Å². The fourth-order valence-corrected chi connectivity index (χ4v) is 6.60. The van der Waals surface area contributed by atoms with Crippen LogP contribution in [0.1, 0.15) is 51.8 Å². The van der Waals surface area contributed by atoms with Crippen LogP contribution in [0.4, 0.5) is 5.69 Å². The van der Waals surface area contributed by atoms with E-state index >= 15 is 0 Å². The average Bonchev–Trinajstić information content (AvgIpc) is 3.62. The van der Waals surface area contributed by atoms with Crippen LogP contribution in [0.5, 0.6) is 23.0 Å². The van der Waals surface area contributed by atoms with E-state index in [1.54, 1.807) is 62.8 Å². The molecule has 2 atom stereocenters. The minimum Gasteiger partial charge on any atom is -0.497 e.